The minimum absolute atomic E-state index is 0.0652. The molecule has 0 bridgehead atoms. The molecule has 4 nitrogen and oxygen atoms in total. The number of piperidine rings is 1. The second kappa shape index (κ2) is 8.13. The monoisotopic (exact) mass is 374 g/mol. The zero-order valence-corrected chi connectivity index (χ0v) is 14.4. The van der Waals surface area contributed by atoms with Crippen molar-refractivity contribution in [2.45, 2.75) is 32.3 Å². The third-order valence-electron chi connectivity index (χ3n) is 3.49. The van der Waals surface area contributed by atoms with Crippen molar-refractivity contribution in [3.05, 3.63) is 27.2 Å². The van der Waals surface area contributed by atoms with Gasteiger partial charge >= 0.3 is 0 Å². The molecule has 21 heavy (non-hydrogen) atoms. The summed E-state index contributed by atoms with van der Waals surface area (Å²) in [6.45, 7) is 4.36. The van der Waals surface area contributed by atoms with E-state index in [0.29, 0.717) is 23.7 Å². The molecule has 0 aliphatic carbocycles. The number of rotatable bonds is 5. The molecular weight excluding hydrogens is 356 g/mol. The number of ether oxygens (including phenoxy) is 1. The average Bonchev–Trinajstić information content (AvgIpc) is 2.46. The summed E-state index contributed by atoms with van der Waals surface area (Å²) in [5.41, 5.74) is 1.66. The molecule has 6 heteroatoms. The Hall–Kier alpha value is -0.620. The van der Waals surface area contributed by atoms with Crippen LogP contribution in [0.5, 0.6) is 0 Å². The zero-order valence-electron chi connectivity index (χ0n) is 12.0. The molecule has 1 fully saturated rings. The summed E-state index contributed by atoms with van der Waals surface area (Å²) in [5, 5.41) is 6.78. The standard InChI is InChI=1S/C15H20BrClN2O2/c1-10-8-12(16)14(9-13(10)17)19-15(20)4-7-21-11-2-5-18-6-3-11/h8-9,11,18H,2-7H2,1H3,(H,19,20). The van der Waals surface area contributed by atoms with Gasteiger partial charge in [0, 0.05) is 9.50 Å². The second-order valence-electron chi connectivity index (χ2n) is 5.20. The summed E-state index contributed by atoms with van der Waals surface area (Å²) in [6, 6.07) is 3.65. The number of hydrogen-bond acceptors (Lipinski definition) is 3. The lowest BCUT2D eigenvalue weighted by atomic mass is 10.1. The first-order valence-electron chi connectivity index (χ1n) is 7.14. The van der Waals surface area contributed by atoms with E-state index in [0.717, 1.165) is 36.0 Å². The Morgan fingerprint density at radius 3 is 2.90 bits per heavy atom. The van der Waals surface area contributed by atoms with E-state index in [4.69, 9.17) is 16.3 Å². The normalized spacial score (nSPS) is 16.0. The molecule has 2 rings (SSSR count). The maximum Gasteiger partial charge on any atom is 0.226 e. The third kappa shape index (κ3) is 5.25. The van der Waals surface area contributed by atoms with Gasteiger partial charge in [-0.2, -0.15) is 0 Å². The summed E-state index contributed by atoms with van der Waals surface area (Å²) in [4.78, 5) is 11.9. The molecular formula is C15H20BrClN2O2. The first-order chi connectivity index (χ1) is 10.1. The van der Waals surface area contributed by atoms with E-state index in [2.05, 4.69) is 26.6 Å². The van der Waals surface area contributed by atoms with E-state index in [1.807, 2.05) is 13.0 Å². The van der Waals surface area contributed by atoms with Gasteiger partial charge < -0.3 is 15.4 Å². The Morgan fingerprint density at radius 2 is 2.19 bits per heavy atom. The minimum atomic E-state index is -0.0652. The van der Waals surface area contributed by atoms with Crippen LogP contribution >= 0.6 is 27.5 Å². The van der Waals surface area contributed by atoms with Crippen LogP contribution in [0.25, 0.3) is 0 Å². The maximum atomic E-state index is 11.9. The molecule has 0 unspecified atom stereocenters. The van der Waals surface area contributed by atoms with Crippen LogP contribution in [-0.4, -0.2) is 31.7 Å². The Kier molecular flexibility index (Phi) is 6.48. The van der Waals surface area contributed by atoms with E-state index in [-0.39, 0.29) is 12.0 Å². The Bertz CT molecular complexity index is 505. The molecule has 0 saturated carbocycles. The average molecular weight is 376 g/mol. The third-order valence-corrected chi connectivity index (χ3v) is 4.55. The number of carbonyl (C=O) groups is 1. The van der Waals surface area contributed by atoms with Crippen LogP contribution in [0.2, 0.25) is 5.02 Å². The number of carbonyl (C=O) groups excluding carboxylic acids is 1. The molecule has 1 saturated heterocycles. The summed E-state index contributed by atoms with van der Waals surface area (Å²) >= 11 is 9.50. The summed E-state index contributed by atoms with van der Waals surface area (Å²) < 4.78 is 6.56. The highest BCUT2D eigenvalue weighted by Gasteiger charge is 2.14. The van der Waals surface area contributed by atoms with Crippen molar-refractivity contribution in [1.82, 2.24) is 5.32 Å². The van der Waals surface area contributed by atoms with Gasteiger partial charge in [0.25, 0.3) is 0 Å². The number of amides is 1. The van der Waals surface area contributed by atoms with Crippen molar-refractivity contribution < 1.29 is 9.53 Å². The van der Waals surface area contributed by atoms with Gasteiger partial charge in [-0.25, -0.2) is 0 Å². The predicted molar refractivity (Wildman–Crippen MR) is 89.0 cm³/mol. The molecule has 116 valence electrons. The fraction of sp³-hybridized carbons (Fsp3) is 0.533. The topological polar surface area (TPSA) is 50.4 Å². The first-order valence-corrected chi connectivity index (χ1v) is 8.31. The number of halogens is 2. The SMILES string of the molecule is Cc1cc(Br)c(NC(=O)CCOC2CCNCC2)cc1Cl. The van der Waals surface area contributed by atoms with Crippen molar-refractivity contribution in [2.24, 2.45) is 0 Å². The van der Waals surface area contributed by atoms with Crippen LogP contribution in [0.1, 0.15) is 24.8 Å². The largest absolute Gasteiger partial charge is 0.378 e. The minimum Gasteiger partial charge on any atom is -0.378 e. The van der Waals surface area contributed by atoms with E-state index in [1.165, 1.54) is 0 Å². The molecule has 0 aromatic heterocycles. The molecule has 1 aromatic carbocycles. The molecule has 2 N–H and O–H groups in total. The maximum absolute atomic E-state index is 11.9. The van der Waals surface area contributed by atoms with Crippen LogP contribution in [0, 0.1) is 6.92 Å². The first kappa shape index (κ1) is 16.7. The lowest BCUT2D eigenvalue weighted by Gasteiger charge is -2.22. The smallest absolute Gasteiger partial charge is 0.226 e. The van der Waals surface area contributed by atoms with Gasteiger partial charge in [0.05, 0.1) is 24.8 Å². The van der Waals surface area contributed by atoms with Gasteiger partial charge in [0.2, 0.25) is 5.91 Å². The molecule has 1 amide bonds. The van der Waals surface area contributed by atoms with Crippen LogP contribution in [0.3, 0.4) is 0 Å². The second-order valence-corrected chi connectivity index (χ2v) is 6.46. The summed E-state index contributed by atoms with van der Waals surface area (Å²) in [6.07, 6.45) is 2.66. The van der Waals surface area contributed by atoms with Crippen molar-refractivity contribution in [3.63, 3.8) is 0 Å². The molecule has 1 aromatic rings. The van der Waals surface area contributed by atoms with Crippen molar-refractivity contribution in [1.29, 1.82) is 0 Å². The van der Waals surface area contributed by atoms with E-state index >= 15 is 0 Å². The van der Waals surface area contributed by atoms with Crippen LogP contribution in [0.15, 0.2) is 16.6 Å². The van der Waals surface area contributed by atoms with Crippen LogP contribution < -0.4 is 10.6 Å². The number of aryl methyl sites for hydroxylation is 1. The molecule has 0 radical (unpaired) electrons. The van der Waals surface area contributed by atoms with Crippen molar-refractivity contribution >= 4 is 39.1 Å². The van der Waals surface area contributed by atoms with E-state index in [9.17, 15) is 4.79 Å². The lowest BCUT2D eigenvalue weighted by Crippen LogP contribution is -2.33. The quantitative estimate of drug-likeness (QED) is 0.828. The Labute approximate surface area is 138 Å². The fourth-order valence-electron chi connectivity index (χ4n) is 2.24. The fourth-order valence-corrected chi connectivity index (χ4v) is 2.96. The molecule has 1 aliphatic rings. The van der Waals surface area contributed by atoms with Crippen molar-refractivity contribution in [3.8, 4) is 0 Å². The Morgan fingerprint density at radius 1 is 1.48 bits per heavy atom. The van der Waals surface area contributed by atoms with Gasteiger partial charge in [0.15, 0.2) is 0 Å². The molecule has 0 atom stereocenters. The van der Waals surface area contributed by atoms with Gasteiger partial charge in [-0.15, -0.1) is 0 Å². The molecule has 0 spiro atoms. The van der Waals surface area contributed by atoms with E-state index in [1.54, 1.807) is 6.07 Å². The van der Waals surface area contributed by atoms with Crippen molar-refractivity contribution in [2.75, 3.05) is 25.0 Å². The van der Waals surface area contributed by atoms with Crippen LogP contribution in [-0.2, 0) is 9.53 Å². The number of anilines is 1. The molecule has 1 aliphatic heterocycles. The number of benzene rings is 1. The number of nitrogens with one attached hydrogen (secondary N) is 2. The van der Waals surface area contributed by atoms with Gasteiger partial charge in [-0.3, -0.25) is 4.79 Å². The van der Waals surface area contributed by atoms with Gasteiger partial charge in [-0.1, -0.05) is 11.6 Å². The van der Waals surface area contributed by atoms with Gasteiger partial charge in [0.1, 0.15) is 0 Å². The zero-order chi connectivity index (χ0) is 15.2. The highest BCUT2D eigenvalue weighted by Crippen LogP contribution is 2.29. The summed E-state index contributed by atoms with van der Waals surface area (Å²) in [7, 11) is 0. The Balaban J connectivity index is 1.77. The highest BCUT2D eigenvalue weighted by molar-refractivity contribution is 9.10. The number of hydrogen-bond donors (Lipinski definition) is 2. The van der Waals surface area contributed by atoms with Gasteiger partial charge in [-0.05, 0) is 66.5 Å². The lowest BCUT2D eigenvalue weighted by molar-refractivity contribution is -0.117. The molecule has 1 heterocycles. The van der Waals surface area contributed by atoms with Crippen LogP contribution in [0.4, 0.5) is 5.69 Å². The summed E-state index contributed by atoms with van der Waals surface area (Å²) in [5.74, 6) is -0.0652. The highest BCUT2D eigenvalue weighted by atomic mass is 79.9. The van der Waals surface area contributed by atoms with E-state index < -0.39 is 0 Å². The predicted octanol–water partition coefficient (Wildman–Crippen LogP) is 3.51.